The monoisotopic (exact) mass is 323 g/mol. The van der Waals surface area contributed by atoms with Crippen LogP contribution in [0.3, 0.4) is 0 Å². The lowest BCUT2D eigenvalue weighted by Crippen LogP contribution is -2.21. The van der Waals surface area contributed by atoms with E-state index >= 15 is 0 Å². The Hall–Kier alpha value is -1.94. The third kappa shape index (κ3) is 3.16. The van der Waals surface area contributed by atoms with Crippen molar-refractivity contribution in [3.63, 3.8) is 0 Å². The van der Waals surface area contributed by atoms with Crippen molar-refractivity contribution in [3.8, 4) is 0 Å². The Balaban J connectivity index is 1.69. The number of hydrogen-bond acceptors (Lipinski definition) is 4. The number of aromatic nitrogens is 2. The highest BCUT2D eigenvalue weighted by molar-refractivity contribution is 5.49. The highest BCUT2D eigenvalue weighted by atomic mass is 16.3. The predicted octanol–water partition coefficient (Wildman–Crippen LogP) is 3.79. The fraction of sp³-hybridized carbons (Fsp3) is 0.500. The van der Waals surface area contributed by atoms with E-state index in [2.05, 4.69) is 5.32 Å². The first-order chi connectivity index (χ1) is 11.8. The van der Waals surface area contributed by atoms with Crippen molar-refractivity contribution >= 4 is 5.82 Å². The number of aliphatic hydroxyl groups excluding tert-OH is 1. The second-order valence-corrected chi connectivity index (χ2v) is 7.00. The maximum atomic E-state index is 10.7. The second-order valence-electron chi connectivity index (χ2n) is 7.00. The molecule has 0 amide bonds. The van der Waals surface area contributed by atoms with Gasteiger partial charge in [-0.2, -0.15) is 0 Å². The van der Waals surface area contributed by atoms with Crippen LogP contribution in [-0.4, -0.2) is 21.1 Å². The van der Waals surface area contributed by atoms with Gasteiger partial charge in [-0.3, -0.25) is 0 Å². The smallest absolute Gasteiger partial charge is 0.164 e. The molecule has 4 nitrogen and oxygen atoms in total. The average molecular weight is 323 g/mol. The van der Waals surface area contributed by atoms with E-state index in [-0.39, 0.29) is 0 Å². The molecule has 2 aliphatic carbocycles. The van der Waals surface area contributed by atoms with Crippen LogP contribution >= 0.6 is 0 Å². The van der Waals surface area contributed by atoms with Gasteiger partial charge in [0.05, 0.1) is 0 Å². The van der Waals surface area contributed by atoms with Crippen molar-refractivity contribution in [2.45, 2.75) is 63.5 Å². The molecule has 0 saturated heterocycles. The maximum absolute atomic E-state index is 10.7. The molecular formula is C20H25N3O. The van der Waals surface area contributed by atoms with Crippen LogP contribution in [0.4, 0.5) is 5.82 Å². The number of aryl methyl sites for hydroxylation is 1. The minimum atomic E-state index is -0.762. The first-order valence-electron chi connectivity index (χ1n) is 9.20. The van der Waals surface area contributed by atoms with Gasteiger partial charge >= 0.3 is 0 Å². The zero-order valence-electron chi connectivity index (χ0n) is 14.0. The lowest BCUT2D eigenvalue weighted by molar-refractivity contribution is 0.209. The van der Waals surface area contributed by atoms with E-state index in [4.69, 9.17) is 9.97 Å². The van der Waals surface area contributed by atoms with Gasteiger partial charge in [0.25, 0.3) is 0 Å². The van der Waals surface area contributed by atoms with Crippen LogP contribution < -0.4 is 5.32 Å². The molecule has 0 aliphatic heterocycles. The summed E-state index contributed by atoms with van der Waals surface area (Å²) in [6.45, 7) is 0. The minimum absolute atomic E-state index is 0.521. The largest absolute Gasteiger partial charge is 0.380 e. The molecule has 0 bridgehead atoms. The fourth-order valence-corrected chi connectivity index (χ4v) is 3.90. The third-order valence-corrected chi connectivity index (χ3v) is 5.26. The number of benzene rings is 1. The van der Waals surface area contributed by atoms with Crippen LogP contribution in [0.2, 0.25) is 0 Å². The van der Waals surface area contributed by atoms with Gasteiger partial charge in [-0.15, -0.1) is 0 Å². The first kappa shape index (κ1) is 15.6. The lowest BCUT2D eigenvalue weighted by atomic mass is 9.95. The van der Waals surface area contributed by atoms with Crippen molar-refractivity contribution in [1.82, 2.24) is 9.97 Å². The normalized spacial score (nSPS) is 19.0. The maximum Gasteiger partial charge on any atom is 0.164 e. The standard InChI is InChI=1S/C20H25N3O/c24-18(14-8-2-1-3-9-14)20-22-17-13-7-6-12-16(17)19(23-20)21-15-10-4-5-11-15/h1-3,8-9,15,18,24H,4-7,10-13H2,(H,21,22,23). The van der Waals surface area contributed by atoms with Crippen LogP contribution in [0, 0.1) is 0 Å². The molecule has 4 rings (SSSR count). The number of fused-ring (bicyclic) bond motifs is 1. The summed E-state index contributed by atoms with van der Waals surface area (Å²) in [4.78, 5) is 9.48. The Morgan fingerprint density at radius 3 is 2.50 bits per heavy atom. The number of rotatable bonds is 4. The predicted molar refractivity (Wildman–Crippen MR) is 95.1 cm³/mol. The fourth-order valence-electron chi connectivity index (χ4n) is 3.90. The first-order valence-corrected chi connectivity index (χ1v) is 9.20. The Morgan fingerprint density at radius 1 is 0.958 bits per heavy atom. The Labute approximate surface area is 143 Å². The molecule has 1 aromatic heterocycles. The van der Waals surface area contributed by atoms with Gasteiger partial charge < -0.3 is 10.4 Å². The highest BCUT2D eigenvalue weighted by Gasteiger charge is 2.24. The molecule has 1 aromatic carbocycles. The summed E-state index contributed by atoms with van der Waals surface area (Å²) in [5.74, 6) is 1.50. The molecule has 4 heteroatoms. The van der Waals surface area contributed by atoms with Gasteiger partial charge in [0.2, 0.25) is 0 Å². The van der Waals surface area contributed by atoms with Crippen LogP contribution in [0.15, 0.2) is 30.3 Å². The van der Waals surface area contributed by atoms with E-state index in [0.717, 1.165) is 29.9 Å². The van der Waals surface area contributed by atoms with E-state index in [9.17, 15) is 5.11 Å². The van der Waals surface area contributed by atoms with Gasteiger partial charge in [-0.25, -0.2) is 9.97 Å². The number of hydrogen-bond donors (Lipinski definition) is 2. The van der Waals surface area contributed by atoms with Crippen molar-refractivity contribution in [2.24, 2.45) is 0 Å². The SMILES string of the molecule is OC(c1ccccc1)c1nc2c(c(NC3CCCC3)n1)CCCC2. The molecule has 24 heavy (non-hydrogen) atoms. The lowest BCUT2D eigenvalue weighted by Gasteiger charge is -2.23. The highest BCUT2D eigenvalue weighted by Crippen LogP contribution is 2.31. The molecule has 126 valence electrons. The van der Waals surface area contributed by atoms with E-state index < -0.39 is 6.10 Å². The average Bonchev–Trinajstić information content (AvgIpc) is 3.15. The molecule has 2 aromatic rings. The van der Waals surface area contributed by atoms with E-state index in [1.807, 2.05) is 30.3 Å². The zero-order valence-corrected chi connectivity index (χ0v) is 14.0. The summed E-state index contributed by atoms with van der Waals surface area (Å²) in [5, 5.41) is 14.4. The van der Waals surface area contributed by atoms with Crippen LogP contribution in [0.5, 0.6) is 0 Å². The second kappa shape index (κ2) is 6.89. The Bertz CT molecular complexity index is 696. The van der Waals surface area contributed by atoms with Gasteiger partial charge in [-0.1, -0.05) is 43.2 Å². The van der Waals surface area contributed by atoms with Crippen molar-refractivity contribution in [1.29, 1.82) is 0 Å². The van der Waals surface area contributed by atoms with E-state index in [1.54, 1.807) is 0 Å². The molecule has 1 saturated carbocycles. The Morgan fingerprint density at radius 2 is 1.71 bits per heavy atom. The summed E-state index contributed by atoms with van der Waals surface area (Å²) < 4.78 is 0. The molecule has 2 N–H and O–H groups in total. The summed E-state index contributed by atoms with van der Waals surface area (Å²) in [6, 6.07) is 10.2. The molecule has 0 radical (unpaired) electrons. The molecule has 1 heterocycles. The summed E-state index contributed by atoms with van der Waals surface area (Å²) in [7, 11) is 0. The van der Waals surface area contributed by atoms with E-state index in [1.165, 1.54) is 44.1 Å². The number of nitrogens with one attached hydrogen (secondary N) is 1. The van der Waals surface area contributed by atoms with Gasteiger partial charge in [0.1, 0.15) is 11.9 Å². The molecule has 2 aliphatic rings. The molecular weight excluding hydrogens is 298 g/mol. The third-order valence-electron chi connectivity index (χ3n) is 5.26. The van der Waals surface area contributed by atoms with E-state index in [0.29, 0.717) is 11.9 Å². The topological polar surface area (TPSA) is 58.0 Å². The number of anilines is 1. The van der Waals surface area contributed by atoms with Crippen molar-refractivity contribution in [2.75, 3.05) is 5.32 Å². The summed E-state index contributed by atoms with van der Waals surface area (Å²) in [6.07, 6.45) is 8.68. The van der Waals surface area contributed by atoms with Gasteiger partial charge in [0, 0.05) is 17.3 Å². The quantitative estimate of drug-likeness (QED) is 0.899. The molecule has 0 spiro atoms. The van der Waals surface area contributed by atoms with Crippen LogP contribution in [-0.2, 0) is 12.8 Å². The van der Waals surface area contributed by atoms with Gasteiger partial charge in [0.15, 0.2) is 5.82 Å². The molecule has 1 atom stereocenters. The van der Waals surface area contributed by atoms with Crippen molar-refractivity contribution < 1.29 is 5.11 Å². The summed E-state index contributed by atoms with van der Waals surface area (Å²) >= 11 is 0. The van der Waals surface area contributed by atoms with Crippen LogP contribution in [0.25, 0.3) is 0 Å². The molecule has 1 fully saturated rings. The Kier molecular flexibility index (Phi) is 4.48. The molecule has 1 unspecified atom stereocenters. The van der Waals surface area contributed by atoms with Gasteiger partial charge in [-0.05, 0) is 44.1 Å². The number of aliphatic hydroxyl groups is 1. The minimum Gasteiger partial charge on any atom is -0.380 e. The van der Waals surface area contributed by atoms with Crippen molar-refractivity contribution in [3.05, 3.63) is 53.0 Å². The number of nitrogens with zero attached hydrogens (tertiary/aromatic N) is 2. The zero-order chi connectivity index (χ0) is 16.4. The summed E-state index contributed by atoms with van der Waals surface area (Å²) in [5.41, 5.74) is 3.25. The van der Waals surface area contributed by atoms with Crippen LogP contribution in [0.1, 0.15) is 67.3 Å².